The molecule has 3 nitrogen and oxygen atoms in total. The van der Waals surface area contributed by atoms with Crippen molar-refractivity contribution in [2.45, 2.75) is 24.3 Å². The number of amides is 1. The van der Waals surface area contributed by atoms with Crippen molar-refractivity contribution in [3.05, 3.63) is 66.0 Å². The van der Waals surface area contributed by atoms with E-state index in [1.807, 2.05) is 30.3 Å². The van der Waals surface area contributed by atoms with E-state index in [-0.39, 0.29) is 23.3 Å². The highest BCUT2D eigenvalue weighted by Crippen LogP contribution is 2.20. The fourth-order valence-corrected chi connectivity index (χ4v) is 2.84. The zero-order chi connectivity index (χ0) is 16.7. The Kier molecular flexibility index (Phi) is 6.35. The second-order valence-electron chi connectivity index (χ2n) is 5.14. The average Bonchev–Trinajstić information content (AvgIpc) is 2.54. The van der Waals surface area contributed by atoms with Gasteiger partial charge in [-0.05, 0) is 31.0 Å². The molecule has 0 heterocycles. The van der Waals surface area contributed by atoms with Crippen LogP contribution in [0.5, 0.6) is 0 Å². The predicted molar refractivity (Wildman–Crippen MR) is 89.9 cm³/mol. The van der Waals surface area contributed by atoms with Gasteiger partial charge in [0.25, 0.3) is 0 Å². The standard InChI is InChI=1S/C18H18FNO2S/c1-13(21)16(11-14-7-3-2-4-8-14)20-18(22)12-23-17-10-6-5-9-15(17)19/h2-10,16H,11-12H2,1H3,(H,20,22). The van der Waals surface area contributed by atoms with Gasteiger partial charge in [-0.1, -0.05) is 42.5 Å². The molecule has 1 unspecified atom stereocenters. The van der Waals surface area contributed by atoms with E-state index >= 15 is 0 Å². The van der Waals surface area contributed by atoms with Crippen LogP contribution in [0.1, 0.15) is 12.5 Å². The number of thioether (sulfide) groups is 1. The summed E-state index contributed by atoms with van der Waals surface area (Å²) in [6.07, 6.45) is 0.451. The Morgan fingerprint density at radius 2 is 1.74 bits per heavy atom. The minimum atomic E-state index is -0.564. The monoisotopic (exact) mass is 331 g/mol. The van der Waals surface area contributed by atoms with E-state index in [1.165, 1.54) is 13.0 Å². The number of hydrogen-bond acceptors (Lipinski definition) is 3. The van der Waals surface area contributed by atoms with E-state index in [0.717, 1.165) is 17.3 Å². The molecule has 0 saturated carbocycles. The van der Waals surface area contributed by atoms with Crippen LogP contribution in [0.15, 0.2) is 59.5 Å². The van der Waals surface area contributed by atoms with Crippen molar-refractivity contribution in [2.75, 3.05) is 5.75 Å². The average molecular weight is 331 g/mol. The van der Waals surface area contributed by atoms with Gasteiger partial charge in [0.05, 0.1) is 11.8 Å². The topological polar surface area (TPSA) is 46.2 Å². The molecule has 0 fully saturated rings. The van der Waals surface area contributed by atoms with Gasteiger partial charge in [0.1, 0.15) is 5.82 Å². The molecule has 5 heteroatoms. The van der Waals surface area contributed by atoms with Crippen LogP contribution in [-0.2, 0) is 16.0 Å². The lowest BCUT2D eigenvalue weighted by molar-refractivity contribution is -0.125. The van der Waals surface area contributed by atoms with Crippen LogP contribution in [0.25, 0.3) is 0 Å². The van der Waals surface area contributed by atoms with Crippen LogP contribution in [0.3, 0.4) is 0 Å². The molecule has 0 aliphatic carbocycles. The molecule has 0 spiro atoms. The van der Waals surface area contributed by atoms with E-state index in [9.17, 15) is 14.0 Å². The molecule has 2 rings (SSSR count). The van der Waals surface area contributed by atoms with Crippen LogP contribution in [-0.4, -0.2) is 23.5 Å². The molecule has 0 aromatic heterocycles. The number of nitrogens with one attached hydrogen (secondary N) is 1. The highest BCUT2D eigenvalue weighted by Gasteiger charge is 2.18. The molecule has 2 aromatic rings. The minimum absolute atomic E-state index is 0.0690. The SMILES string of the molecule is CC(=O)C(Cc1ccccc1)NC(=O)CSc1ccccc1F. The molecule has 2 aromatic carbocycles. The first kappa shape index (κ1) is 17.2. The van der Waals surface area contributed by atoms with E-state index in [1.54, 1.807) is 18.2 Å². The van der Waals surface area contributed by atoms with Gasteiger partial charge in [-0.3, -0.25) is 9.59 Å². The summed E-state index contributed by atoms with van der Waals surface area (Å²) in [6.45, 7) is 1.46. The van der Waals surface area contributed by atoms with Gasteiger partial charge in [0.2, 0.25) is 5.91 Å². The number of hydrogen-bond donors (Lipinski definition) is 1. The van der Waals surface area contributed by atoms with Crippen molar-refractivity contribution in [2.24, 2.45) is 0 Å². The summed E-state index contributed by atoms with van der Waals surface area (Å²) in [4.78, 5) is 24.2. The number of ketones is 1. The van der Waals surface area contributed by atoms with Crippen molar-refractivity contribution < 1.29 is 14.0 Å². The Labute approximate surface area is 139 Å². The van der Waals surface area contributed by atoms with Gasteiger partial charge in [-0.2, -0.15) is 0 Å². The molecule has 0 aliphatic heterocycles. The Morgan fingerprint density at radius 3 is 2.39 bits per heavy atom. The first-order valence-electron chi connectivity index (χ1n) is 7.27. The van der Waals surface area contributed by atoms with E-state index in [2.05, 4.69) is 5.32 Å². The third kappa shape index (κ3) is 5.53. The molecule has 23 heavy (non-hydrogen) atoms. The van der Waals surface area contributed by atoms with E-state index in [4.69, 9.17) is 0 Å². The van der Waals surface area contributed by atoms with Crippen molar-refractivity contribution in [3.8, 4) is 0 Å². The van der Waals surface area contributed by atoms with Crippen LogP contribution < -0.4 is 5.32 Å². The lowest BCUT2D eigenvalue weighted by Gasteiger charge is -2.16. The molecular weight excluding hydrogens is 313 g/mol. The smallest absolute Gasteiger partial charge is 0.230 e. The van der Waals surface area contributed by atoms with Crippen LogP contribution >= 0.6 is 11.8 Å². The largest absolute Gasteiger partial charge is 0.345 e. The summed E-state index contributed by atoms with van der Waals surface area (Å²) in [7, 11) is 0. The molecule has 0 bridgehead atoms. The van der Waals surface area contributed by atoms with Crippen molar-refractivity contribution in [3.63, 3.8) is 0 Å². The number of rotatable bonds is 7. The van der Waals surface area contributed by atoms with Gasteiger partial charge in [-0.25, -0.2) is 4.39 Å². The second kappa shape index (κ2) is 8.48. The predicted octanol–water partition coefficient (Wildman–Crippen LogP) is 3.23. The second-order valence-corrected chi connectivity index (χ2v) is 6.16. The summed E-state index contributed by atoms with van der Waals surface area (Å²) in [5, 5.41) is 2.72. The molecule has 0 radical (unpaired) electrons. The van der Waals surface area contributed by atoms with Gasteiger partial charge in [0.15, 0.2) is 5.78 Å². The number of halogens is 1. The Balaban J connectivity index is 1.91. The fourth-order valence-electron chi connectivity index (χ4n) is 2.09. The summed E-state index contributed by atoms with van der Waals surface area (Å²) < 4.78 is 13.5. The summed E-state index contributed by atoms with van der Waals surface area (Å²) >= 11 is 1.12. The van der Waals surface area contributed by atoms with Crippen LogP contribution in [0.2, 0.25) is 0 Å². The minimum Gasteiger partial charge on any atom is -0.345 e. The number of Topliss-reactive ketones (excluding diaryl/α,β-unsaturated/α-hetero) is 1. The number of benzene rings is 2. The number of carbonyl (C=O) groups is 2. The zero-order valence-corrected chi connectivity index (χ0v) is 13.6. The molecular formula is C18H18FNO2S. The first-order valence-corrected chi connectivity index (χ1v) is 8.26. The molecule has 1 amide bonds. The summed E-state index contributed by atoms with van der Waals surface area (Å²) in [5.74, 6) is -0.662. The van der Waals surface area contributed by atoms with Gasteiger partial charge in [-0.15, -0.1) is 11.8 Å². The maximum Gasteiger partial charge on any atom is 0.230 e. The molecule has 1 N–H and O–H groups in total. The Morgan fingerprint density at radius 1 is 1.09 bits per heavy atom. The lowest BCUT2D eigenvalue weighted by atomic mass is 10.0. The maximum absolute atomic E-state index is 13.5. The first-order chi connectivity index (χ1) is 11.1. The van der Waals surface area contributed by atoms with Crippen LogP contribution in [0.4, 0.5) is 4.39 Å². The highest BCUT2D eigenvalue weighted by atomic mass is 32.2. The third-order valence-corrected chi connectivity index (χ3v) is 4.35. The van der Waals surface area contributed by atoms with Gasteiger partial charge in [0, 0.05) is 4.90 Å². The zero-order valence-electron chi connectivity index (χ0n) is 12.8. The van der Waals surface area contributed by atoms with Gasteiger partial charge < -0.3 is 5.32 Å². The lowest BCUT2D eigenvalue weighted by Crippen LogP contribution is -2.42. The maximum atomic E-state index is 13.5. The molecule has 1 atom stereocenters. The van der Waals surface area contributed by atoms with E-state index in [0.29, 0.717) is 11.3 Å². The van der Waals surface area contributed by atoms with E-state index < -0.39 is 6.04 Å². The number of carbonyl (C=O) groups excluding carboxylic acids is 2. The molecule has 0 aliphatic rings. The fraction of sp³-hybridized carbons (Fsp3) is 0.222. The van der Waals surface area contributed by atoms with Crippen molar-refractivity contribution in [1.29, 1.82) is 0 Å². The van der Waals surface area contributed by atoms with Crippen molar-refractivity contribution >= 4 is 23.5 Å². The van der Waals surface area contributed by atoms with Crippen molar-refractivity contribution in [1.82, 2.24) is 5.32 Å². The highest BCUT2D eigenvalue weighted by molar-refractivity contribution is 8.00. The molecule has 120 valence electrons. The Hall–Kier alpha value is -2.14. The summed E-state index contributed by atoms with van der Waals surface area (Å²) in [6, 6.07) is 15.2. The summed E-state index contributed by atoms with van der Waals surface area (Å²) in [5.41, 5.74) is 0.981. The van der Waals surface area contributed by atoms with Gasteiger partial charge >= 0.3 is 0 Å². The quantitative estimate of drug-likeness (QED) is 0.792. The van der Waals surface area contributed by atoms with Crippen LogP contribution in [0, 0.1) is 5.82 Å². The Bertz CT molecular complexity index is 676. The third-order valence-electron chi connectivity index (χ3n) is 3.30. The normalized spacial score (nSPS) is 11.7. The molecule has 0 saturated heterocycles.